The Kier molecular flexibility index (Phi) is 28.3. The van der Waals surface area contributed by atoms with Gasteiger partial charge in [0.05, 0.1) is 0 Å². The minimum atomic E-state index is -6.00. The number of halogens is 18. The Hall–Kier alpha value is -3.53. The quantitative estimate of drug-likeness (QED) is 0.0721. The van der Waals surface area contributed by atoms with Crippen molar-refractivity contribution in [1.29, 1.82) is 0 Å². The smallest absolute Gasteiger partial charge is 0.418 e. The van der Waals surface area contributed by atoms with Crippen LogP contribution in [0.4, 0.5) is 51.8 Å². The second kappa shape index (κ2) is 32.3. The highest BCUT2D eigenvalue weighted by Crippen LogP contribution is 2.30. The van der Waals surface area contributed by atoms with Crippen LogP contribution in [0.15, 0.2) is 72.8 Å². The molecule has 0 aliphatic heterocycles. The molecule has 486 valence electrons. The molecule has 0 saturated carbocycles. The lowest BCUT2D eigenvalue weighted by molar-refractivity contribution is -0.674. The zero-order valence-electron chi connectivity index (χ0n) is 52.5. The maximum absolute atomic E-state index is 9.75. The van der Waals surface area contributed by atoms with Crippen LogP contribution in [-0.4, -0.2) is 51.4 Å². The normalized spacial score (nSPS) is 11.3. The Balaban J connectivity index is 0.000000258. The predicted octanol–water partition coefficient (Wildman–Crippen LogP) is 19.5. The summed E-state index contributed by atoms with van der Waals surface area (Å²) < 4.78 is 136. The maximum Gasteiger partial charge on any atom is 0.673 e. The van der Waals surface area contributed by atoms with Gasteiger partial charge in [-0.25, -0.2) is 0 Å². The van der Waals surface area contributed by atoms with Crippen molar-refractivity contribution in [2.45, 2.75) is 125 Å². The average Bonchev–Trinajstić information content (AvgIpc) is 1.64. The average molecular weight is 1940 g/mol. The number of benzene rings is 6. The second-order valence-corrected chi connectivity index (χ2v) is 28.0. The molecule has 0 unspecified atom stereocenters. The van der Waals surface area contributed by atoms with Crippen molar-refractivity contribution >= 4 is 157 Å². The number of aromatic nitrogens is 9. The standard InChI is InChI=1S/3C20H22I2N3.3BF4/c3*1-11-7-13(3)17(14(4)8-11)24-19(21)20(22)25(23-24)18-15(5)9-12(2)10-16(18)6;3*2-1(3,4)5/h3*7-10H,1-6H3;;;/q3*+1;3*-1. The largest absolute Gasteiger partial charge is 0.673 e. The molecule has 9 rings (SSSR count). The third kappa shape index (κ3) is 21.8. The van der Waals surface area contributed by atoms with E-state index in [4.69, 9.17) is 15.6 Å². The van der Waals surface area contributed by atoms with Gasteiger partial charge in [-0.3, -0.25) is 0 Å². The van der Waals surface area contributed by atoms with Gasteiger partial charge in [0.25, 0.3) is 0 Å². The Morgan fingerprint density at radius 3 is 0.511 bits per heavy atom. The maximum atomic E-state index is 9.75. The van der Waals surface area contributed by atoms with E-state index < -0.39 is 21.8 Å². The summed E-state index contributed by atoms with van der Waals surface area (Å²) in [6.07, 6.45) is 0. The fourth-order valence-corrected chi connectivity index (χ4v) is 14.3. The van der Waals surface area contributed by atoms with E-state index in [1.165, 1.54) is 134 Å². The highest BCUT2D eigenvalue weighted by atomic mass is 127. The minimum absolute atomic E-state index is 1.13. The van der Waals surface area contributed by atoms with E-state index in [0.29, 0.717) is 0 Å². The third-order valence-electron chi connectivity index (χ3n) is 13.2. The molecule has 0 aliphatic rings. The molecule has 0 radical (unpaired) electrons. The summed E-state index contributed by atoms with van der Waals surface area (Å²) >= 11 is 14.4. The van der Waals surface area contributed by atoms with E-state index in [2.05, 4.69) is 361 Å². The SMILES string of the molecule is Cc1cc(C)c(-n2n[n+](-c3c(C)cc(C)cc3C)c(I)c2I)c(C)c1.Cc1cc(C)c(-n2n[n+](-c3c(C)cc(C)cc3C)c(I)c2I)c(C)c1.Cc1cc(C)c(-n2n[n+](-c3c(C)cc(C)cc3C)c(I)c2I)c(C)c1.F[B-](F)(F)F.F[B-](F)(F)F.F[B-](F)(F)F. The van der Waals surface area contributed by atoms with Crippen LogP contribution in [0, 0.1) is 147 Å². The number of hydrogen-bond acceptors (Lipinski definition) is 3. The third-order valence-corrected chi connectivity index (χ3v) is 22.1. The van der Waals surface area contributed by atoms with Crippen LogP contribution in [0.3, 0.4) is 0 Å². The summed E-state index contributed by atoms with van der Waals surface area (Å²) in [5, 5.41) is 14.9. The molecule has 0 bridgehead atoms. The summed E-state index contributed by atoms with van der Waals surface area (Å²) in [6, 6.07) is 26.7. The van der Waals surface area contributed by atoms with Crippen molar-refractivity contribution in [1.82, 2.24) is 29.7 Å². The van der Waals surface area contributed by atoms with Gasteiger partial charge in [0.15, 0.2) is 34.1 Å². The van der Waals surface area contributed by atoms with Gasteiger partial charge < -0.3 is 51.8 Å². The first-order chi connectivity index (χ1) is 41.1. The number of aryl methyl sites for hydroxylation is 18. The van der Waals surface area contributed by atoms with Crippen molar-refractivity contribution < 1.29 is 65.8 Å². The Labute approximate surface area is 600 Å². The van der Waals surface area contributed by atoms with Crippen molar-refractivity contribution in [3.05, 3.63) is 195 Å². The topological polar surface area (TPSA) is 65.1 Å². The van der Waals surface area contributed by atoms with Gasteiger partial charge in [-0.15, -0.1) is 0 Å². The molecule has 0 atom stereocenters. The fraction of sp³-hybridized carbons (Fsp3) is 0.300. The van der Waals surface area contributed by atoms with Crippen LogP contribution in [0.5, 0.6) is 0 Å². The molecule has 30 heteroatoms. The summed E-state index contributed by atoms with van der Waals surface area (Å²) in [6.45, 7) is 38.8. The molecule has 9 aromatic rings. The first kappa shape index (κ1) is 78.9. The van der Waals surface area contributed by atoms with Gasteiger partial charge in [0.1, 0.15) is 15.6 Å². The molecule has 0 amide bonds. The first-order valence-electron chi connectivity index (χ1n) is 27.3. The van der Waals surface area contributed by atoms with Crippen LogP contribution < -0.4 is 14.0 Å². The van der Waals surface area contributed by atoms with E-state index in [-0.39, 0.29) is 0 Å². The lowest BCUT2D eigenvalue weighted by atomic mass is 10.1. The minimum Gasteiger partial charge on any atom is -0.418 e. The van der Waals surface area contributed by atoms with Crippen LogP contribution >= 0.6 is 136 Å². The van der Waals surface area contributed by atoms with Gasteiger partial charge in [0, 0.05) is 136 Å². The van der Waals surface area contributed by atoms with Crippen molar-refractivity contribution in [2.75, 3.05) is 0 Å². The van der Waals surface area contributed by atoms with Crippen LogP contribution in [0.25, 0.3) is 34.1 Å². The van der Waals surface area contributed by atoms with Crippen molar-refractivity contribution in [3.63, 3.8) is 0 Å². The lowest BCUT2D eigenvalue weighted by Gasteiger charge is -2.07. The molecule has 6 aromatic carbocycles. The van der Waals surface area contributed by atoms with Crippen LogP contribution in [-0.2, 0) is 0 Å². The highest BCUT2D eigenvalue weighted by molar-refractivity contribution is 14.1. The monoisotopic (exact) mass is 1930 g/mol. The Morgan fingerprint density at radius 1 is 0.256 bits per heavy atom. The van der Waals surface area contributed by atoms with E-state index >= 15 is 0 Å². The molecule has 0 spiro atoms. The molecular formula is C60H66B3F12I6N9. The first-order valence-corrected chi connectivity index (χ1v) is 33.8. The van der Waals surface area contributed by atoms with E-state index in [9.17, 15) is 51.8 Å². The van der Waals surface area contributed by atoms with Crippen LogP contribution in [0.1, 0.15) is 100 Å². The molecule has 0 fully saturated rings. The lowest BCUT2D eigenvalue weighted by Crippen LogP contribution is -2.38. The van der Waals surface area contributed by atoms with Gasteiger partial charge in [-0.1, -0.05) is 134 Å². The molecular weight excluding hydrogens is 1870 g/mol. The summed E-state index contributed by atoms with van der Waals surface area (Å²) in [4.78, 5) is 0. The molecule has 9 nitrogen and oxygen atoms in total. The summed E-state index contributed by atoms with van der Waals surface area (Å²) in [7, 11) is -18.0. The molecule has 0 N–H and O–H groups in total. The summed E-state index contributed by atoms with van der Waals surface area (Å²) in [5.41, 5.74) is 29.8. The van der Waals surface area contributed by atoms with Crippen LogP contribution in [0.2, 0.25) is 0 Å². The van der Waals surface area contributed by atoms with Crippen molar-refractivity contribution in [3.8, 4) is 34.1 Å². The number of nitrogens with zero attached hydrogens (tertiary/aromatic N) is 9. The second-order valence-electron chi connectivity index (χ2n) is 21.9. The molecule has 90 heavy (non-hydrogen) atoms. The Morgan fingerprint density at radius 2 is 0.378 bits per heavy atom. The molecule has 3 heterocycles. The molecule has 0 saturated heterocycles. The number of rotatable bonds is 6. The highest BCUT2D eigenvalue weighted by Gasteiger charge is 2.32. The zero-order chi connectivity index (χ0) is 68.9. The fourth-order valence-electron chi connectivity index (χ4n) is 10.9. The Bertz CT molecular complexity index is 3310. The predicted molar refractivity (Wildman–Crippen MR) is 387 cm³/mol. The summed E-state index contributed by atoms with van der Waals surface area (Å²) in [5.74, 6) is 0. The van der Waals surface area contributed by atoms with Gasteiger partial charge >= 0.3 is 21.8 Å². The van der Waals surface area contributed by atoms with Gasteiger partial charge in [-0.2, -0.15) is 0 Å². The molecule has 0 aliphatic carbocycles. The van der Waals surface area contributed by atoms with E-state index in [0.717, 1.165) is 22.2 Å². The van der Waals surface area contributed by atoms with E-state index in [1.807, 2.05) is 0 Å². The molecule has 3 aromatic heterocycles. The number of hydrogen-bond donors (Lipinski definition) is 0. The zero-order valence-corrected chi connectivity index (χ0v) is 65.4. The van der Waals surface area contributed by atoms with Gasteiger partial charge in [-0.05, 0) is 191 Å². The van der Waals surface area contributed by atoms with Gasteiger partial charge in [0.2, 0.25) is 22.2 Å². The van der Waals surface area contributed by atoms with Crippen molar-refractivity contribution in [2.24, 2.45) is 0 Å². The van der Waals surface area contributed by atoms with E-state index in [1.54, 1.807) is 0 Å².